The van der Waals surface area contributed by atoms with Gasteiger partial charge in [0, 0.05) is 25.4 Å². The van der Waals surface area contributed by atoms with E-state index in [2.05, 4.69) is 56.9 Å². The van der Waals surface area contributed by atoms with Crippen molar-refractivity contribution in [1.29, 1.82) is 0 Å². The molecule has 1 aromatic carbocycles. The molecule has 0 bridgehead atoms. The number of aryl methyl sites for hydroxylation is 1. The number of likely N-dealkylation sites (N-methyl/N-ethyl adjacent to an activating group) is 1. The van der Waals surface area contributed by atoms with Crippen molar-refractivity contribution in [3.63, 3.8) is 0 Å². The third-order valence-corrected chi connectivity index (χ3v) is 3.95. The van der Waals surface area contributed by atoms with Crippen LogP contribution in [0.3, 0.4) is 0 Å². The van der Waals surface area contributed by atoms with Gasteiger partial charge in [0.2, 0.25) is 0 Å². The van der Waals surface area contributed by atoms with Crippen LogP contribution in [0.15, 0.2) is 24.3 Å². The molecule has 0 saturated heterocycles. The van der Waals surface area contributed by atoms with Crippen LogP contribution in [-0.2, 0) is 4.74 Å². The van der Waals surface area contributed by atoms with E-state index in [-0.39, 0.29) is 12.2 Å². The van der Waals surface area contributed by atoms with Gasteiger partial charge in [-0.3, -0.25) is 0 Å². The first-order valence-corrected chi connectivity index (χ1v) is 7.61. The highest BCUT2D eigenvalue weighted by atomic mass is 16.5. The van der Waals surface area contributed by atoms with E-state index < -0.39 is 0 Å². The lowest BCUT2D eigenvalue weighted by Gasteiger charge is -2.30. The second-order valence-electron chi connectivity index (χ2n) is 5.54. The Balaban J connectivity index is 2.54. The summed E-state index contributed by atoms with van der Waals surface area (Å²) < 4.78 is 6.00. The summed E-state index contributed by atoms with van der Waals surface area (Å²) in [6, 6.07) is 8.55. The molecule has 0 aromatic heterocycles. The first kappa shape index (κ1) is 17.0. The van der Waals surface area contributed by atoms with Crippen LogP contribution in [-0.4, -0.2) is 37.0 Å². The van der Waals surface area contributed by atoms with Crippen molar-refractivity contribution in [2.45, 2.75) is 46.1 Å². The van der Waals surface area contributed by atoms with Gasteiger partial charge in [-0.05, 0) is 51.3 Å². The first-order valence-electron chi connectivity index (χ1n) is 7.61. The smallest absolute Gasteiger partial charge is 0.0674 e. The number of rotatable bonds is 9. The quantitative estimate of drug-likeness (QED) is 0.752. The maximum atomic E-state index is 9.11. The second kappa shape index (κ2) is 8.28. The molecule has 1 N–H and O–H groups in total. The average molecular weight is 279 g/mol. The predicted octanol–water partition coefficient (Wildman–Crippen LogP) is 3.39. The summed E-state index contributed by atoms with van der Waals surface area (Å²) in [7, 11) is 0. The average Bonchev–Trinajstić information content (AvgIpc) is 2.44. The molecule has 0 spiro atoms. The third-order valence-electron chi connectivity index (χ3n) is 3.95. The summed E-state index contributed by atoms with van der Waals surface area (Å²) in [5, 5.41) is 9.11. The number of aliphatic hydroxyl groups is 1. The molecule has 20 heavy (non-hydrogen) atoms. The van der Waals surface area contributed by atoms with Gasteiger partial charge in [0.15, 0.2) is 0 Å². The normalized spacial score (nSPS) is 14.1. The van der Waals surface area contributed by atoms with Crippen molar-refractivity contribution in [3.8, 4) is 0 Å². The molecule has 114 valence electrons. The maximum Gasteiger partial charge on any atom is 0.0674 e. The highest BCUT2D eigenvalue weighted by Crippen LogP contribution is 2.20. The van der Waals surface area contributed by atoms with Crippen LogP contribution in [0.4, 0.5) is 5.69 Å². The lowest BCUT2D eigenvalue weighted by molar-refractivity contribution is -0.0455. The first-order chi connectivity index (χ1) is 9.54. The van der Waals surface area contributed by atoms with Gasteiger partial charge in [-0.2, -0.15) is 0 Å². The van der Waals surface area contributed by atoms with Crippen LogP contribution in [0.2, 0.25) is 0 Å². The summed E-state index contributed by atoms with van der Waals surface area (Å²) in [6.07, 6.45) is 1.62. The zero-order valence-electron chi connectivity index (χ0n) is 13.4. The molecule has 0 saturated carbocycles. The maximum absolute atomic E-state index is 9.11. The largest absolute Gasteiger partial charge is 0.396 e. The number of hydrogen-bond acceptors (Lipinski definition) is 3. The summed E-state index contributed by atoms with van der Waals surface area (Å²) in [4.78, 5) is 2.32. The van der Waals surface area contributed by atoms with Gasteiger partial charge in [0.25, 0.3) is 0 Å². The van der Waals surface area contributed by atoms with Gasteiger partial charge in [-0.25, -0.2) is 0 Å². The molecule has 0 aliphatic carbocycles. The van der Waals surface area contributed by atoms with Crippen molar-refractivity contribution in [2.75, 3.05) is 31.2 Å². The second-order valence-corrected chi connectivity index (χ2v) is 5.54. The molecular weight excluding hydrogens is 250 g/mol. The molecule has 0 amide bonds. The minimum atomic E-state index is -0.208. The number of benzene rings is 1. The van der Waals surface area contributed by atoms with Gasteiger partial charge in [-0.1, -0.05) is 19.1 Å². The van der Waals surface area contributed by atoms with Gasteiger partial charge < -0.3 is 14.7 Å². The van der Waals surface area contributed by atoms with Crippen LogP contribution in [0.5, 0.6) is 0 Å². The number of anilines is 1. The van der Waals surface area contributed by atoms with Gasteiger partial charge in [-0.15, -0.1) is 0 Å². The Morgan fingerprint density at radius 1 is 1.30 bits per heavy atom. The van der Waals surface area contributed by atoms with Crippen molar-refractivity contribution >= 4 is 5.69 Å². The van der Waals surface area contributed by atoms with Gasteiger partial charge >= 0.3 is 0 Å². The molecule has 0 aliphatic rings. The van der Waals surface area contributed by atoms with Crippen LogP contribution < -0.4 is 4.90 Å². The van der Waals surface area contributed by atoms with Crippen LogP contribution in [0.1, 0.15) is 39.2 Å². The third kappa shape index (κ3) is 5.14. The SMILES string of the molecule is CCN(CCOC(C)(CC)CCO)c1cccc(C)c1. The molecule has 1 unspecified atom stereocenters. The zero-order valence-corrected chi connectivity index (χ0v) is 13.4. The van der Waals surface area contributed by atoms with E-state index >= 15 is 0 Å². The Bertz CT molecular complexity index is 394. The molecule has 0 radical (unpaired) electrons. The summed E-state index contributed by atoms with van der Waals surface area (Å²) in [5.74, 6) is 0. The monoisotopic (exact) mass is 279 g/mol. The van der Waals surface area contributed by atoms with E-state index in [1.165, 1.54) is 11.3 Å². The molecule has 1 atom stereocenters. The highest BCUT2D eigenvalue weighted by molar-refractivity contribution is 5.48. The predicted molar refractivity (Wildman–Crippen MR) is 85.4 cm³/mol. The van der Waals surface area contributed by atoms with Crippen LogP contribution in [0.25, 0.3) is 0 Å². The summed E-state index contributed by atoms with van der Waals surface area (Å²) in [6.45, 7) is 11.2. The number of hydrogen-bond donors (Lipinski definition) is 1. The number of nitrogens with zero attached hydrogens (tertiary/aromatic N) is 1. The van der Waals surface area contributed by atoms with E-state index in [1.807, 2.05) is 0 Å². The van der Waals surface area contributed by atoms with E-state index in [1.54, 1.807) is 0 Å². The molecule has 1 aromatic rings. The fourth-order valence-electron chi connectivity index (χ4n) is 2.28. The molecule has 0 heterocycles. The van der Waals surface area contributed by atoms with E-state index in [4.69, 9.17) is 9.84 Å². The van der Waals surface area contributed by atoms with E-state index in [0.717, 1.165) is 19.5 Å². The zero-order chi connectivity index (χ0) is 15.0. The summed E-state index contributed by atoms with van der Waals surface area (Å²) >= 11 is 0. The Kier molecular flexibility index (Phi) is 7.03. The lowest BCUT2D eigenvalue weighted by Crippen LogP contribution is -2.34. The minimum Gasteiger partial charge on any atom is -0.396 e. The standard InChI is InChI=1S/C17H29NO2/c1-5-17(4,10-12-19)20-13-11-18(6-2)16-9-7-8-15(3)14-16/h7-9,14,19H,5-6,10-13H2,1-4H3. The molecule has 0 aliphatic heterocycles. The Morgan fingerprint density at radius 3 is 2.60 bits per heavy atom. The van der Waals surface area contributed by atoms with Crippen molar-refractivity contribution in [2.24, 2.45) is 0 Å². The molecule has 1 rings (SSSR count). The van der Waals surface area contributed by atoms with Gasteiger partial charge in [0.05, 0.1) is 12.2 Å². The van der Waals surface area contributed by atoms with E-state index in [0.29, 0.717) is 13.0 Å². The molecule has 3 heteroatoms. The number of ether oxygens (including phenoxy) is 1. The fourth-order valence-corrected chi connectivity index (χ4v) is 2.28. The van der Waals surface area contributed by atoms with Gasteiger partial charge in [0.1, 0.15) is 0 Å². The van der Waals surface area contributed by atoms with Crippen molar-refractivity contribution < 1.29 is 9.84 Å². The van der Waals surface area contributed by atoms with Crippen molar-refractivity contribution in [3.05, 3.63) is 29.8 Å². The Morgan fingerprint density at radius 2 is 2.05 bits per heavy atom. The Labute approximate surface area is 123 Å². The van der Waals surface area contributed by atoms with E-state index in [9.17, 15) is 0 Å². The lowest BCUT2D eigenvalue weighted by atomic mass is 9.99. The molecule has 3 nitrogen and oxygen atoms in total. The fraction of sp³-hybridized carbons (Fsp3) is 0.647. The highest BCUT2D eigenvalue weighted by Gasteiger charge is 2.22. The number of aliphatic hydroxyl groups excluding tert-OH is 1. The topological polar surface area (TPSA) is 32.7 Å². The molecule has 0 fully saturated rings. The van der Waals surface area contributed by atoms with Crippen LogP contribution >= 0.6 is 0 Å². The Hall–Kier alpha value is -1.06. The van der Waals surface area contributed by atoms with Crippen molar-refractivity contribution in [1.82, 2.24) is 0 Å². The molecular formula is C17H29NO2. The summed E-state index contributed by atoms with van der Waals surface area (Å²) in [5.41, 5.74) is 2.32. The van der Waals surface area contributed by atoms with Crippen LogP contribution in [0, 0.1) is 6.92 Å². The minimum absolute atomic E-state index is 0.180.